The quantitative estimate of drug-likeness (QED) is 0.295. The van der Waals surface area contributed by atoms with Gasteiger partial charge in [0, 0.05) is 0 Å². The van der Waals surface area contributed by atoms with Crippen LogP contribution >= 0.6 is 0 Å². The molecule has 0 aromatic heterocycles. The van der Waals surface area contributed by atoms with Gasteiger partial charge in [-0.05, 0) is 47.8 Å². The normalized spacial score (nSPS) is 53.6. The van der Waals surface area contributed by atoms with E-state index in [-0.39, 0.29) is 29.2 Å². The third kappa shape index (κ3) is 0.872. The molecule has 3 nitrogen and oxygen atoms in total. The van der Waals surface area contributed by atoms with Gasteiger partial charge in [0.2, 0.25) is 0 Å². The Hall–Kier alpha value is -1.12. The summed E-state index contributed by atoms with van der Waals surface area (Å²) in [5.41, 5.74) is 3.67. The van der Waals surface area contributed by atoms with E-state index in [1.807, 2.05) is 0 Å². The fraction of sp³-hybridized carbons (Fsp3) is 0.765. The zero-order valence-electron chi connectivity index (χ0n) is 12.2. The molecule has 1 heterocycles. The second kappa shape index (κ2) is 2.90. The highest BCUT2D eigenvalue weighted by atomic mass is 16.6. The number of rotatable bonds is 0. The summed E-state index contributed by atoms with van der Waals surface area (Å²) in [5, 5.41) is 0. The average Bonchev–Trinajstić information content (AvgIpc) is 3.07. The molecule has 6 atom stereocenters. The second-order valence-corrected chi connectivity index (χ2v) is 8.25. The number of cyclic esters (lactones) is 2. The van der Waals surface area contributed by atoms with Crippen LogP contribution in [-0.4, -0.2) is 11.9 Å². The number of carbonyl (C=O) groups excluding carboxylic acids is 2. The number of hydrogen-bond acceptors (Lipinski definition) is 3. The van der Waals surface area contributed by atoms with Gasteiger partial charge in [-0.25, -0.2) is 0 Å². The molecule has 0 aromatic carbocycles. The summed E-state index contributed by atoms with van der Waals surface area (Å²) in [4.78, 5) is 24.1. The maximum Gasteiger partial charge on any atom is 0.318 e. The minimum absolute atomic E-state index is 0.148. The zero-order chi connectivity index (χ0) is 14.0. The Morgan fingerprint density at radius 1 is 1.05 bits per heavy atom. The summed E-state index contributed by atoms with van der Waals surface area (Å²) >= 11 is 0. The summed E-state index contributed by atoms with van der Waals surface area (Å²) < 4.78 is 4.95. The van der Waals surface area contributed by atoms with Crippen LogP contribution in [0.15, 0.2) is 11.1 Å². The lowest BCUT2D eigenvalue weighted by molar-refractivity contribution is -0.154. The van der Waals surface area contributed by atoms with Crippen LogP contribution in [-0.2, 0) is 14.3 Å². The third-order valence-electron chi connectivity index (χ3n) is 7.78. The smallest absolute Gasteiger partial charge is 0.318 e. The number of hydrogen-bond donors (Lipinski definition) is 0. The minimum atomic E-state index is -0.247. The van der Waals surface area contributed by atoms with E-state index in [2.05, 4.69) is 20.8 Å². The maximum atomic E-state index is 12.1. The Morgan fingerprint density at radius 3 is 2.40 bits per heavy atom. The largest absolute Gasteiger partial charge is 0.393 e. The molecule has 0 spiro atoms. The molecule has 4 bridgehead atoms. The molecule has 0 amide bonds. The Kier molecular flexibility index (Phi) is 1.67. The van der Waals surface area contributed by atoms with Crippen molar-refractivity contribution in [1.29, 1.82) is 0 Å². The van der Waals surface area contributed by atoms with Crippen LogP contribution in [0.4, 0.5) is 0 Å². The summed E-state index contributed by atoms with van der Waals surface area (Å²) in [6.07, 6.45) is 3.53. The van der Waals surface area contributed by atoms with E-state index in [9.17, 15) is 9.59 Å². The molecule has 3 heteroatoms. The summed E-state index contributed by atoms with van der Waals surface area (Å²) in [7, 11) is 0. The van der Waals surface area contributed by atoms with Crippen LogP contribution in [0.25, 0.3) is 0 Å². The molecule has 106 valence electrons. The fourth-order valence-electron chi connectivity index (χ4n) is 6.66. The molecular weight excluding hydrogens is 252 g/mol. The highest BCUT2D eigenvalue weighted by Gasteiger charge is 2.72. The molecular formula is C17H20O3. The molecule has 0 unspecified atom stereocenters. The topological polar surface area (TPSA) is 43.4 Å². The van der Waals surface area contributed by atoms with E-state index in [0.29, 0.717) is 23.2 Å². The molecule has 0 N–H and O–H groups in total. The van der Waals surface area contributed by atoms with Crippen molar-refractivity contribution in [2.75, 3.05) is 0 Å². The second-order valence-electron chi connectivity index (χ2n) is 8.25. The maximum absolute atomic E-state index is 12.1. The van der Waals surface area contributed by atoms with Crippen LogP contribution in [0.5, 0.6) is 0 Å². The lowest BCUT2D eigenvalue weighted by Crippen LogP contribution is -2.34. The first kappa shape index (κ1) is 11.5. The van der Waals surface area contributed by atoms with E-state index < -0.39 is 0 Å². The Balaban J connectivity index is 1.71. The van der Waals surface area contributed by atoms with Gasteiger partial charge in [0.25, 0.3) is 0 Å². The molecule has 5 rings (SSSR count). The molecule has 20 heavy (non-hydrogen) atoms. The SMILES string of the molecule is CC1(C)[C@H]2CC[C@]1(C)C1=C2[C@H]2C[C@H]1[C@H]1C(=O)OC(=O)[C@@H]12. The standard InChI is InChI=1S/C17H20O3/c1-16(2)9-4-5-17(16,3)13-8-6-7(10(9)13)11-12(8)15(19)20-14(11)18/h7-9,11-12H,4-6H2,1-3H3/t7-,8+,9+,11-,12-,17-/m1/s1. The Labute approximate surface area is 118 Å². The summed E-state index contributed by atoms with van der Waals surface area (Å²) in [6.45, 7) is 7.17. The highest BCUT2D eigenvalue weighted by molar-refractivity contribution is 5.98. The van der Waals surface area contributed by atoms with Crippen LogP contribution in [0.1, 0.15) is 40.0 Å². The first-order chi connectivity index (χ1) is 9.38. The Morgan fingerprint density at radius 2 is 1.70 bits per heavy atom. The number of esters is 2. The van der Waals surface area contributed by atoms with Crippen LogP contribution in [0.3, 0.4) is 0 Å². The number of ether oxygens (including phenoxy) is 1. The van der Waals surface area contributed by atoms with E-state index in [1.54, 1.807) is 11.1 Å². The summed E-state index contributed by atoms with van der Waals surface area (Å²) in [5.74, 6) is 0.442. The molecule has 1 aliphatic heterocycles. The Bertz CT molecular complexity index is 614. The molecule has 2 saturated carbocycles. The average molecular weight is 272 g/mol. The van der Waals surface area contributed by atoms with E-state index in [4.69, 9.17) is 4.74 Å². The van der Waals surface area contributed by atoms with Crippen molar-refractivity contribution >= 4 is 11.9 Å². The van der Waals surface area contributed by atoms with Gasteiger partial charge in [0.05, 0.1) is 11.8 Å². The van der Waals surface area contributed by atoms with Crippen molar-refractivity contribution in [3.8, 4) is 0 Å². The van der Waals surface area contributed by atoms with Crippen molar-refractivity contribution in [1.82, 2.24) is 0 Å². The lowest BCUT2D eigenvalue weighted by Gasteiger charge is -2.40. The first-order valence-electron chi connectivity index (χ1n) is 7.88. The predicted octanol–water partition coefficient (Wildman–Crippen LogP) is 2.70. The monoisotopic (exact) mass is 272 g/mol. The first-order valence-corrected chi connectivity index (χ1v) is 7.88. The van der Waals surface area contributed by atoms with Crippen molar-refractivity contribution < 1.29 is 14.3 Å². The van der Waals surface area contributed by atoms with Gasteiger partial charge in [-0.2, -0.15) is 0 Å². The third-order valence-corrected chi connectivity index (χ3v) is 7.78. The molecule has 3 fully saturated rings. The molecule has 0 aromatic rings. The molecule has 0 radical (unpaired) electrons. The van der Waals surface area contributed by atoms with Gasteiger partial charge < -0.3 is 4.74 Å². The minimum Gasteiger partial charge on any atom is -0.393 e. The van der Waals surface area contributed by atoms with Gasteiger partial charge in [-0.3, -0.25) is 9.59 Å². The highest BCUT2D eigenvalue weighted by Crippen LogP contribution is 2.77. The zero-order valence-corrected chi connectivity index (χ0v) is 12.2. The van der Waals surface area contributed by atoms with E-state index >= 15 is 0 Å². The summed E-state index contributed by atoms with van der Waals surface area (Å²) in [6, 6.07) is 0. The van der Waals surface area contributed by atoms with Crippen LogP contribution in [0, 0.1) is 40.4 Å². The molecule has 1 saturated heterocycles. The van der Waals surface area contributed by atoms with Crippen molar-refractivity contribution in [2.24, 2.45) is 40.4 Å². The van der Waals surface area contributed by atoms with Crippen molar-refractivity contribution in [3.63, 3.8) is 0 Å². The number of fused-ring (bicyclic) bond motifs is 11. The number of carbonyl (C=O) groups is 2. The van der Waals surface area contributed by atoms with Gasteiger partial charge in [-0.1, -0.05) is 31.9 Å². The molecule has 5 aliphatic rings. The van der Waals surface area contributed by atoms with Gasteiger partial charge >= 0.3 is 11.9 Å². The fourth-order valence-corrected chi connectivity index (χ4v) is 6.66. The van der Waals surface area contributed by atoms with Gasteiger partial charge in [-0.15, -0.1) is 0 Å². The number of allylic oxidation sites excluding steroid dienone is 2. The van der Waals surface area contributed by atoms with Gasteiger partial charge in [0.15, 0.2) is 0 Å². The van der Waals surface area contributed by atoms with E-state index in [1.165, 1.54) is 12.8 Å². The van der Waals surface area contributed by atoms with Crippen LogP contribution < -0.4 is 0 Å². The molecule has 4 aliphatic carbocycles. The van der Waals surface area contributed by atoms with Crippen molar-refractivity contribution in [3.05, 3.63) is 11.1 Å². The van der Waals surface area contributed by atoms with Crippen LogP contribution in [0.2, 0.25) is 0 Å². The van der Waals surface area contributed by atoms with Gasteiger partial charge in [0.1, 0.15) is 0 Å². The van der Waals surface area contributed by atoms with Crippen molar-refractivity contribution in [2.45, 2.75) is 40.0 Å². The lowest BCUT2D eigenvalue weighted by atomic mass is 9.63. The predicted molar refractivity (Wildman–Crippen MR) is 71.3 cm³/mol. The van der Waals surface area contributed by atoms with E-state index in [0.717, 1.165) is 6.42 Å².